The average molecular weight is 278 g/mol. The summed E-state index contributed by atoms with van der Waals surface area (Å²) in [5.41, 5.74) is 2.15. The Labute approximate surface area is 119 Å². The number of carbonyl (C=O) groups is 2. The number of rotatable bonds is 3. The zero-order valence-corrected chi connectivity index (χ0v) is 12.6. The van der Waals surface area contributed by atoms with Crippen molar-refractivity contribution in [2.75, 3.05) is 5.32 Å². The zero-order chi connectivity index (χ0) is 15.5. The standard InChI is InChI=1S/C15H22N2O3/c1-9-6-10(2)8-11(7-9)16-14(20)17-12(13(18)19)15(3,4)5/h6-8,12H,1-5H3,(H,18,19)(H2,16,17,20)/t12-/m1/s1. The summed E-state index contributed by atoms with van der Waals surface area (Å²) in [5.74, 6) is -1.05. The number of anilines is 1. The lowest BCUT2D eigenvalue weighted by atomic mass is 9.87. The number of benzene rings is 1. The molecule has 1 aromatic carbocycles. The molecule has 0 bridgehead atoms. The van der Waals surface area contributed by atoms with E-state index in [1.807, 2.05) is 32.0 Å². The molecule has 1 rings (SSSR count). The van der Waals surface area contributed by atoms with Gasteiger partial charge in [-0.1, -0.05) is 26.8 Å². The first-order chi connectivity index (χ1) is 9.09. The van der Waals surface area contributed by atoms with E-state index in [0.717, 1.165) is 11.1 Å². The van der Waals surface area contributed by atoms with Crippen LogP contribution in [0.5, 0.6) is 0 Å². The Morgan fingerprint density at radius 2 is 1.60 bits per heavy atom. The molecule has 110 valence electrons. The van der Waals surface area contributed by atoms with E-state index in [9.17, 15) is 9.59 Å². The van der Waals surface area contributed by atoms with Gasteiger partial charge in [-0.05, 0) is 42.5 Å². The highest BCUT2D eigenvalue weighted by Crippen LogP contribution is 2.20. The molecule has 0 unspecified atom stereocenters. The minimum Gasteiger partial charge on any atom is -0.480 e. The normalized spacial score (nSPS) is 12.7. The number of aryl methyl sites for hydroxylation is 2. The molecule has 0 aliphatic heterocycles. The quantitative estimate of drug-likeness (QED) is 0.795. The van der Waals surface area contributed by atoms with Gasteiger partial charge in [0, 0.05) is 5.69 Å². The van der Waals surface area contributed by atoms with Gasteiger partial charge in [0.25, 0.3) is 0 Å². The highest BCUT2D eigenvalue weighted by molar-refractivity contribution is 5.92. The van der Waals surface area contributed by atoms with Crippen molar-refractivity contribution in [3.63, 3.8) is 0 Å². The van der Waals surface area contributed by atoms with Gasteiger partial charge >= 0.3 is 12.0 Å². The molecule has 0 radical (unpaired) electrons. The predicted octanol–water partition coefficient (Wildman–Crippen LogP) is 2.92. The largest absolute Gasteiger partial charge is 0.480 e. The Kier molecular flexibility index (Phi) is 4.76. The summed E-state index contributed by atoms with van der Waals surface area (Å²) in [6.07, 6.45) is 0. The van der Waals surface area contributed by atoms with Crippen LogP contribution in [0.15, 0.2) is 18.2 Å². The van der Waals surface area contributed by atoms with E-state index < -0.39 is 23.5 Å². The van der Waals surface area contributed by atoms with Crippen LogP contribution >= 0.6 is 0 Å². The number of amides is 2. The van der Waals surface area contributed by atoms with Gasteiger partial charge in [0.1, 0.15) is 6.04 Å². The van der Waals surface area contributed by atoms with Gasteiger partial charge in [0.2, 0.25) is 0 Å². The summed E-state index contributed by atoms with van der Waals surface area (Å²) in [6.45, 7) is 9.17. The van der Waals surface area contributed by atoms with Crippen LogP contribution in [-0.2, 0) is 4.79 Å². The summed E-state index contributed by atoms with van der Waals surface area (Å²) in [5, 5.41) is 14.3. The molecule has 5 heteroatoms. The van der Waals surface area contributed by atoms with Crippen LogP contribution in [0.4, 0.5) is 10.5 Å². The lowest BCUT2D eigenvalue weighted by Crippen LogP contribution is -2.50. The third-order valence-electron chi connectivity index (χ3n) is 2.87. The number of nitrogens with one attached hydrogen (secondary N) is 2. The summed E-state index contributed by atoms with van der Waals surface area (Å²) < 4.78 is 0. The van der Waals surface area contributed by atoms with Crippen LogP contribution in [-0.4, -0.2) is 23.1 Å². The second kappa shape index (κ2) is 5.94. The number of hydrogen-bond donors (Lipinski definition) is 3. The van der Waals surface area contributed by atoms with E-state index >= 15 is 0 Å². The molecule has 0 heterocycles. The Morgan fingerprint density at radius 3 is 2.00 bits per heavy atom. The molecule has 0 saturated carbocycles. The van der Waals surface area contributed by atoms with Crippen molar-refractivity contribution in [1.29, 1.82) is 0 Å². The topological polar surface area (TPSA) is 78.4 Å². The molecular weight excluding hydrogens is 256 g/mol. The molecule has 1 aromatic rings. The summed E-state index contributed by atoms with van der Waals surface area (Å²) in [7, 11) is 0. The first-order valence-corrected chi connectivity index (χ1v) is 6.48. The van der Waals surface area contributed by atoms with Crippen LogP contribution in [0.3, 0.4) is 0 Å². The Hall–Kier alpha value is -2.04. The van der Waals surface area contributed by atoms with Crippen molar-refractivity contribution < 1.29 is 14.7 Å². The highest BCUT2D eigenvalue weighted by atomic mass is 16.4. The molecule has 0 saturated heterocycles. The fraction of sp³-hybridized carbons (Fsp3) is 0.467. The van der Waals surface area contributed by atoms with Crippen LogP contribution < -0.4 is 10.6 Å². The van der Waals surface area contributed by atoms with E-state index in [1.54, 1.807) is 20.8 Å². The number of aliphatic carboxylic acids is 1. The average Bonchev–Trinajstić information content (AvgIpc) is 2.22. The van der Waals surface area contributed by atoms with Gasteiger partial charge in [0.15, 0.2) is 0 Å². The van der Waals surface area contributed by atoms with Crippen LogP contribution in [0, 0.1) is 19.3 Å². The number of carbonyl (C=O) groups excluding carboxylic acids is 1. The van der Waals surface area contributed by atoms with Gasteiger partial charge in [-0.15, -0.1) is 0 Å². The van der Waals surface area contributed by atoms with Crippen molar-refractivity contribution in [1.82, 2.24) is 5.32 Å². The zero-order valence-electron chi connectivity index (χ0n) is 12.6. The second-order valence-electron chi connectivity index (χ2n) is 6.11. The molecular formula is C15H22N2O3. The maximum atomic E-state index is 11.9. The minimum atomic E-state index is -1.05. The van der Waals surface area contributed by atoms with Crippen LogP contribution in [0.25, 0.3) is 0 Å². The molecule has 20 heavy (non-hydrogen) atoms. The van der Waals surface area contributed by atoms with Gasteiger partial charge in [-0.25, -0.2) is 9.59 Å². The molecule has 0 aliphatic carbocycles. The van der Waals surface area contributed by atoms with Crippen LogP contribution in [0.1, 0.15) is 31.9 Å². The first kappa shape index (κ1) is 16.0. The molecule has 3 N–H and O–H groups in total. The third-order valence-corrected chi connectivity index (χ3v) is 2.87. The lowest BCUT2D eigenvalue weighted by molar-refractivity contribution is -0.141. The highest BCUT2D eigenvalue weighted by Gasteiger charge is 2.32. The van der Waals surface area contributed by atoms with Crippen LogP contribution in [0.2, 0.25) is 0 Å². The molecule has 0 aromatic heterocycles. The van der Waals surface area contributed by atoms with Crippen molar-refractivity contribution >= 4 is 17.7 Å². The van der Waals surface area contributed by atoms with E-state index in [1.165, 1.54) is 0 Å². The van der Waals surface area contributed by atoms with E-state index in [4.69, 9.17) is 5.11 Å². The van der Waals surface area contributed by atoms with Gasteiger partial charge in [-0.3, -0.25) is 0 Å². The fourth-order valence-corrected chi connectivity index (χ4v) is 1.99. The van der Waals surface area contributed by atoms with Crippen molar-refractivity contribution in [3.05, 3.63) is 29.3 Å². The molecule has 0 fully saturated rings. The minimum absolute atomic E-state index is 0.516. The van der Waals surface area contributed by atoms with Gasteiger partial charge < -0.3 is 15.7 Å². The molecule has 5 nitrogen and oxygen atoms in total. The maximum Gasteiger partial charge on any atom is 0.326 e. The maximum absolute atomic E-state index is 11.9. The molecule has 0 spiro atoms. The summed E-state index contributed by atoms with van der Waals surface area (Å²) >= 11 is 0. The molecule has 1 atom stereocenters. The molecule has 0 aliphatic rings. The first-order valence-electron chi connectivity index (χ1n) is 6.48. The second-order valence-corrected chi connectivity index (χ2v) is 6.11. The summed E-state index contributed by atoms with van der Waals surface area (Å²) in [6, 6.07) is 4.20. The monoisotopic (exact) mass is 278 g/mol. The SMILES string of the molecule is Cc1cc(C)cc(NC(=O)N[C@H](C(=O)O)C(C)(C)C)c1. The van der Waals surface area contributed by atoms with E-state index in [0.29, 0.717) is 5.69 Å². The third kappa shape index (κ3) is 4.57. The van der Waals surface area contributed by atoms with E-state index in [-0.39, 0.29) is 0 Å². The Balaban J connectivity index is 2.78. The number of hydrogen-bond acceptors (Lipinski definition) is 2. The van der Waals surface area contributed by atoms with E-state index in [2.05, 4.69) is 10.6 Å². The summed E-state index contributed by atoms with van der Waals surface area (Å²) in [4.78, 5) is 23.1. The number of carboxylic acid groups (broad SMARTS) is 1. The number of urea groups is 1. The van der Waals surface area contributed by atoms with Crippen molar-refractivity contribution in [2.45, 2.75) is 40.7 Å². The Bertz CT molecular complexity index is 498. The van der Waals surface area contributed by atoms with Gasteiger partial charge in [0.05, 0.1) is 0 Å². The smallest absolute Gasteiger partial charge is 0.326 e. The Morgan fingerprint density at radius 1 is 1.10 bits per heavy atom. The van der Waals surface area contributed by atoms with Crippen molar-refractivity contribution in [3.8, 4) is 0 Å². The lowest BCUT2D eigenvalue weighted by Gasteiger charge is -2.27. The number of carboxylic acids is 1. The van der Waals surface area contributed by atoms with Crippen molar-refractivity contribution in [2.24, 2.45) is 5.41 Å². The van der Waals surface area contributed by atoms with Gasteiger partial charge in [-0.2, -0.15) is 0 Å². The fourth-order valence-electron chi connectivity index (χ4n) is 1.99. The predicted molar refractivity (Wildman–Crippen MR) is 78.9 cm³/mol. The molecule has 2 amide bonds.